The third kappa shape index (κ3) is 3.24. The summed E-state index contributed by atoms with van der Waals surface area (Å²) in [5, 5.41) is 26.9. The highest BCUT2D eigenvalue weighted by atomic mass is 16.4. The molecule has 1 aromatic rings. The van der Waals surface area contributed by atoms with Gasteiger partial charge in [-0.25, -0.2) is 14.4 Å². The van der Waals surface area contributed by atoms with Crippen molar-refractivity contribution >= 4 is 34.6 Å². The first-order chi connectivity index (χ1) is 9.66. The fourth-order valence-corrected chi connectivity index (χ4v) is 1.60. The van der Waals surface area contributed by atoms with Crippen LogP contribution < -0.4 is 0 Å². The average molecular weight is 288 g/mol. The topological polar surface area (TPSA) is 112 Å². The van der Waals surface area contributed by atoms with Crippen molar-refractivity contribution in [3.63, 3.8) is 0 Å². The van der Waals surface area contributed by atoms with E-state index in [1.54, 1.807) is 0 Å². The molecule has 1 rings (SSSR count). The van der Waals surface area contributed by atoms with Gasteiger partial charge in [0.25, 0.3) is 0 Å². The first-order valence-corrected chi connectivity index (χ1v) is 5.58. The SMILES string of the molecule is C=C(C(=O)O)c1ccc(C(=C)C(=O)O)c(C(=C)C(=O)O)c1. The van der Waals surface area contributed by atoms with Gasteiger partial charge in [-0.1, -0.05) is 31.9 Å². The van der Waals surface area contributed by atoms with Gasteiger partial charge in [-0.15, -0.1) is 0 Å². The van der Waals surface area contributed by atoms with Crippen molar-refractivity contribution in [1.82, 2.24) is 0 Å². The summed E-state index contributed by atoms with van der Waals surface area (Å²) in [7, 11) is 0. The molecule has 6 nitrogen and oxygen atoms in total. The molecule has 0 amide bonds. The van der Waals surface area contributed by atoms with Gasteiger partial charge in [0, 0.05) is 0 Å². The maximum atomic E-state index is 11.0. The summed E-state index contributed by atoms with van der Waals surface area (Å²) >= 11 is 0. The summed E-state index contributed by atoms with van der Waals surface area (Å²) in [6.45, 7) is 10.1. The second kappa shape index (κ2) is 5.87. The molecule has 0 saturated carbocycles. The Morgan fingerprint density at radius 2 is 1.14 bits per heavy atom. The Morgan fingerprint density at radius 3 is 1.57 bits per heavy atom. The Bertz CT molecular complexity index is 696. The first-order valence-electron chi connectivity index (χ1n) is 5.58. The maximum absolute atomic E-state index is 11.0. The molecule has 3 N–H and O–H groups in total. The molecule has 0 aliphatic heterocycles. The molecule has 0 heterocycles. The van der Waals surface area contributed by atoms with E-state index in [-0.39, 0.29) is 33.4 Å². The largest absolute Gasteiger partial charge is 0.478 e. The van der Waals surface area contributed by atoms with Crippen LogP contribution in [0.5, 0.6) is 0 Å². The molecule has 0 aliphatic rings. The first kappa shape index (κ1) is 15.9. The van der Waals surface area contributed by atoms with Crippen LogP contribution in [-0.2, 0) is 14.4 Å². The number of aliphatic carboxylic acids is 3. The van der Waals surface area contributed by atoms with Crippen LogP contribution in [0.3, 0.4) is 0 Å². The van der Waals surface area contributed by atoms with Gasteiger partial charge in [-0.2, -0.15) is 0 Å². The molecule has 0 unspecified atom stereocenters. The molecule has 21 heavy (non-hydrogen) atoms. The van der Waals surface area contributed by atoms with Gasteiger partial charge in [0.15, 0.2) is 0 Å². The van der Waals surface area contributed by atoms with Crippen molar-refractivity contribution in [1.29, 1.82) is 0 Å². The number of rotatable bonds is 6. The summed E-state index contributed by atoms with van der Waals surface area (Å²) in [5.74, 6) is -3.95. The van der Waals surface area contributed by atoms with Crippen molar-refractivity contribution in [3.8, 4) is 0 Å². The van der Waals surface area contributed by atoms with E-state index in [0.717, 1.165) is 0 Å². The second-order valence-electron chi connectivity index (χ2n) is 4.11. The Kier molecular flexibility index (Phi) is 4.45. The number of hydrogen-bond acceptors (Lipinski definition) is 3. The van der Waals surface area contributed by atoms with Crippen LogP contribution in [0.4, 0.5) is 0 Å². The number of hydrogen-bond donors (Lipinski definition) is 3. The van der Waals surface area contributed by atoms with Crippen LogP contribution in [0.1, 0.15) is 16.7 Å². The quantitative estimate of drug-likeness (QED) is 0.690. The Balaban J connectivity index is 3.54. The van der Waals surface area contributed by atoms with Crippen LogP contribution >= 0.6 is 0 Å². The average Bonchev–Trinajstić information content (AvgIpc) is 2.43. The molecule has 0 aromatic heterocycles. The van der Waals surface area contributed by atoms with Crippen molar-refractivity contribution in [2.24, 2.45) is 0 Å². The van der Waals surface area contributed by atoms with E-state index >= 15 is 0 Å². The minimum absolute atomic E-state index is 0.0187. The number of carboxylic acid groups (broad SMARTS) is 3. The lowest BCUT2D eigenvalue weighted by molar-refractivity contribution is -0.131. The van der Waals surface area contributed by atoms with Crippen molar-refractivity contribution < 1.29 is 29.7 Å². The number of carbonyl (C=O) groups is 3. The van der Waals surface area contributed by atoms with Gasteiger partial charge in [0.2, 0.25) is 0 Å². The fourth-order valence-electron chi connectivity index (χ4n) is 1.60. The lowest BCUT2D eigenvalue weighted by Crippen LogP contribution is -2.07. The molecule has 0 radical (unpaired) electrons. The van der Waals surface area contributed by atoms with E-state index in [4.69, 9.17) is 15.3 Å². The highest BCUT2D eigenvalue weighted by molar-refractivity contribution is 6.21. The Morgan fingerprint density at radius 1 is 0.714 bits per heavy atom. The van der Waals surface area contributed by atoms with Crippen LogP contribution in [0.2, 0.25) is 0 Å². The molecule has 1 aromatic carbocycles. The van der Waals surface area contributed by atoms with Crippen molar-refractivity contribution in [2.75, 3.05) is 0 Å². The molecule has 0 bridgehead atoms. The van der Waals surface area contributed by atoms with E-state index in [9.17, 15) is 14.4 Å². The Hall–Kier alpha value is -3.15. The number of benzene rings is 1. The van der Waals surface area contributed by atoms with Gasteiger partial charge in [0.1, 0.15) is 0 Å². The summed E-state index contributed by atoms with van der Waals surface area (Å²) in [5.41, 5.74) is -0.747. The minimum atomic E-state index is -1.35. The van der Waals surface area contributed by atoms with E-state index in [1.165, 1.54) is 18.2 Å². The van der Waals surface area contributed by atoms with Crippen LogP contribution in [-0.4, -0.2) is 33.2 Å². The molecule has 108 valence electrons. The second-order valence-corrected chi connectivity index (χ2v) is 4.11. The predicted octanol–water partition coefficient (Wildman–Crippen LogP) is 1.98. The van der Waals surface area contributed by atoms with Gasteiger partial charge >= 0.3 is 17.9 Å². The molecular weight excluding hydrogens is 276 g/mol. The standard InChI is InChI=1S/C15H12O6/c1-7(13(16)17)10-4-5-11(8(2)14(18)19)12(6-10)9(3)15(20)21/h4-6H,1-3H2,(H,16,17)(H,18,19)(H,20,21). The minimum Gasteiger partial charge on any atom is -0.478 e. The fraction of sp³-hybridized carbons (Fsp3) is 0. The third-order valence-electron chi connectivity index (χ3n) is 2.79. The molecular formula is C15H12O6. The third-order valence-corrected chi connectivity index (χ3v) is 2.79. The zero-order chi connectivity index (χ0) is 16.3. The molecule has 0 aliphatic carbocycles. The highest BCUT2D eigenvalue weighted by Crippen LogP contribution is 2.28. The molecule has 0 saturated heterocycles. The van der Waals surface area contributed by atoms with Crippen LogP contribution in [0.25, 0.3) is 16.7 Å². The molecule has 0 spiro atoms. The highest BCUT2D eigenvalue weighted by Gasteiger charge is 2.19. The van der Waals surface area contributed by atoms with E-state index < -0.39 is 17.9 Å². The lowest BCUT2D eigenvalue weighted by atomic mass is 9.92. The lowest BCUT2D eigenvalue weighted by Gasteiger charge is -2.12. The van der Waals surface area contributed by atoms with Gasteiger partial charge in [-0.3, -0.25) is 0 Å². The monoisotopic (exact) mass is 288 g/mol. The van der Waals surface area contributed by atoms with Crippen LogP contribution in [0, 0.1) is 0 Å². The van der Waals surface area contributed by atoms with Gasteiger partial charge in [-0.05, 0) is 22.8 Å². The smallest absolute Gasteiger partial charge is 0.335 e. The van der Waals surface area contributed by atoms with E-state index in [1.807, 2.05) is 0 Å². The normalized spacial score (nSPS) is 9.71. The molecule has 6 heteroatoms. The van der Waals surface area contributed by atoms with Gasteiger partial charge in [0.05, 0.1) is 16.7 Å². The summed E-state index contributed by atoms with van der Waals surface area (Å²) < 4.78 is 0. The summed E-state index contributed by atoms with van der Waals surface area (Å²) in [4.78, 5) is 32.9. The maximum Gasteiger partial charge on any atom is 0.335 e. The molecule has 0 atom stereocenters. The molecule has 0 fully saturated rings. The van der Waals surface area contributed by atoms with Gasteiger partial charge < -0.3 is 15.3 Å². The summed E-state index contributed by atoms with van der Waals surface area (Å²) in [6, 6.07) is 3.83. The zero-order valence-corrected chi connectivity index (χ0v) is 10.9. The van der Waals surface area contributed by atoms with E-state index in [0.29, 0.717) is 0 Å². The summed E-state index contributed by atoms with van der Waals surface area (Å²) in [6.07, 6.45) is 0. The van der Waals surface area contributed by atoms with Crippen LogP contribution in [0.15, 0.2) is 37.9 Å². The van der Waals surface area contributed by atoms with Crippen molar-refractivity contribution in [2.45, 2.75) is 0 Å². The number of carboxylic acids is 3. The van der Waals surface area contributed by atoms with Crippen molar-refractivity contribution in [3.05, 3.63) is 54.6 Å². The zero-order valence-electron chi connectivity index (χ0n) is 10.9. The Labute approximate surface area is 120 Å². The van der Waals surface area contributed by atoms with E-state index in [2.05, 4.69) is 19.7 Å². The predicted molar refractivity (Wildman–Crippen MR) is 76.5 cm³/mol.